The molecular formula is C16H15N3O2S. The van der Waals surface area contributed by atoms with E-state index >= 15 is 0 Å². The van der Waals surface area contributed by atoms with Crippen LogP contribution in [0.15, 0.2) is 63.7 Å². The van der Waals surface area contributed by atoms with E-state index in [1.807, 2.05) is 47.8 Å². The molecule has 0 bridgehead atoms. The molecule has 3 rings (SSSR count). The van der Waals surface area contributed by atoms with Gasteiger partial charge in [-0.25, -0.2) is 4.98 Å². The molecule has 0 atom stereocenters. The van der Waals surface area contributed by atoms with Crippen molar-refractivity contribution < 1.29 is 9.25 Å². The fourth-order valence-corrected chi connectivity index (χ4v) is 2.56. The monoisotopic (exact) mass is 313 g/mol. The van der Waals surface area contributed by atoms with E-state index in [-0.39, 0.29) is 6.61 Å². The van der Waals surface area contributed by atoms with Crippen LogP contribution in [0.25, 0.3) is 10.8 Å². The summed E-state index contributed by atoms with van der Waals surface area (Å²) in [5.74, 6) is 1.02. The fourth-order valence-electron chi connectivity index (χ4n) is 1.91. The molecule has 5 nitrogen and oxygen atoms in total. The molecule has 3 aromatic rings. The predicted octanol–water partition coefficient (Wildman–Crippen LogP) is 3.43. The molecule has 0 fully saturated rings. The zero-order chi connectivity index (χ0) is 15.2. The minimum Gasteiger partial charge on any atom is -0.443 e. The average Bonchev–Trinajstić information content (AvgIpc) is 3.19. The third-order valence-electron chi connectivity index (χ3n) is 2.91. The van der Waals surface area contributed by atoms with Crippen LogP contribution in [0.5, 0.6) is 0 Å². The lowest BCUT2D eigenvalue weighted by Crippen LogP contribution is -2.15. The number of amidine groups is 1. The summed E-state index contributed by atoms with van der Waals surface area (Å²) in [6.45, 7) is 0.227. The van der Waals surface area contributed by atoms with Crippen molar-refractivity contribution in [1.82, 2.24) is 4.98 Å². The Balaban J connectivity index is 1.53. The van der Waals surface area contributed by atoms with Crippen LogP contribution in [-0.2, 0) is 17.9 Å². The Morgan fingerprint density at radius 2 is 2.09 bits per heavy atom. The highest BCUT2D eigenvalue weighted by molar-refractivity contribution is 7.13. The van der Waals surface area contributed by atoms with Gasteiger partial charge >= 0.3 is 0 Å². The molecule has 0 aliphatic heterocycles. The van der Waals surface area contributed by atoms with Gasteiger partial charge in [-0.15, -0.1) is 11.3 Å². The molecule has 0 aliphatic rings. The smallest absolute Gasteiger partial charge is 0.236 e. The maximum absolute atomic E-state index is 5.84. The van der Waals surface area contributed by atoms with Crippen molar-refractivity contribution in [2.75, 3.05) is 0 Å². The number of benzene rings is 1. The maximum atomic E-state index is 5.84. The summed E-state index contributed by atoms with van der Waals surface area (Å²) in [5, 5.41) is 5.88. The van der Waals surface area contributed by atoms with Crippen LogP contribution in [-0.4, -0.2) is 10.8 Å². The third kappa shape index (κ3) is 3.73. The van der Waals surface area contributed by atoms with E-state index in [0.717, 1.165) is 10.4 Å². The first kappa shape index (κ1) is 14.3. The summed E-state index contributed by atoms with van der Waals surface area (Å²) in [7, 11) is 0. The summed E-state index contributed by atoms with van der Waals surface area (Å²) in [6.07, 6.45) is 2.12. The Bertz CT molecular complexity index is 736. The Morgan fingerprint density at radius 1 is 1.23 bits per heavy atom. The van der Waals surface area contributed by atoms with Crippen molar-refractivity contribution in [1.29, 1.82) is 0 Å². The molecule has 0 aliphatic carbocycles. The van der Waals surface area contributed by atoms with E-state index in [0.29, 0.717) is 23.8 Å². The van der Waals surface area contributed by atoms with Crippen molar-refractivity contribution in [3.05, 3.63) is 65.4 Å². The normalized spacial score (nSPS) is 11.5. The van der Waals surface area contributed by atoms with E-state index < -0.39 is 0 Å². The van der Waals surface area contributed by atoms with Crippen molar-refractivity contribution in [3.8, 4) is 10.8 Å². The van der Waals surface area contributed by atoms with Gasteiger partial charge in [-0.1, -0.05) is 41.6 Å². The number of aromatic nitrogens is 1. The lowest BCUT2D eigenvalue weighted by atomic mass is 10.1. The summed E-state index contributed by atoms with van der Waals surface area (Å²) in [4.78, 5) is 10.6. The van der Waals surface area contributed by atoms with Gasteiger partial charge in [0.1, 0.15) is 17.8 Å². The quantitative estimate of drug-likeness (QED) is 0.430. The van der Waals surface area contributed by atoms with E-state index in [2.05, 4.69) is 10.1 Å². The molecule has 0 radical (unpaired) electrons. The number of hydrogen-bond donors (Lipinski definition) is 1. The van der Waals surface area contributed by atoms with Gasteiger partial charge in [0.2, 0.25) is 5.89 Å². The van der Waals surface area contributed by atoms with Gasteiger partial charge in [0.15, 0.2) is 6.61 Å². The first-order valence-electron chi connectivity index (χ1n) is 6.78. The van der Waals surface area contributed by atoms with Crippen LogP contribution in [0.2, 0.25) is 0 Å². The van der Waals surface area contributed by atoms with Crippen molar-refractivity contribution in [2.24, 2.45) is 10.9 Å². The summed E-state index contributed by atoms with van der Waals surface area (Å²) < 4.78 is 5.40. The van der Waals surface area contributed by atoms with Gasteiger partial charge < -0.3 is 15.0 Å². The van der Waals surface area contributed by atoms with Gasteiger partial charge in [-0.3, -0.25) is 0 Å². The summed E-state index contributed by atoms with van der Waals surface area (Å²) in [5.41, 5.74) is 7.61. The zero-order valence-corrected chi connectivity index (χ0v) is 12.6. The maximum Gasteiger partial charge on any atom is 0.236 e. The molecule has 112 valence electrons. The molecule has 1 aromatic carbocycles. The summed E-state index contributed by atoms with van der Waals surface area (Å²) in [6, 6.07) is 13.8. The van der Waals surface area contributed by atoms with E-state index in [1.165, 1.54) is 0 Å². The van der Waals surface area contributed by atoms with Crippen LogP contribution in [0.1, 0.15) is 11.3 Å². The molecule has 0 spiro atoms. The Hall–Kier alpha value is -2.60. The molecule has 6 heteroatoms. The molecule has 0 saturated carbocycles. The number of nitrogens with zero attached hydrogens (tertiary/aromatic N) is 2. The highest BCUT2D eigenvalue weighted by Crippen LogP contribution is 2.23. The second kappa shape index (κ2) is 6.91. The number of nitrogens with two attached hydrogens (primary N) is 1. The lowest BCUT2D eigenvalue weighted by Gasteiger charge is -2.01. The fraction of sp³-hybridized carbons (Fsp3) is 0.125. The molecular weight excluding hydrogens is 298 g/mol. The predicted molar refractivity (Wildman–Crippen MR) is 86.4 cm³/mol. The molecule has 2 aromatic heterocycles. The largest absolute Gasteiger partial charge is 0.443 e. The summed E-state index contributed by atoms with van der Waals surface area (Å²) >= 11 is 1.57. The van der Waals surface area contributed by atoms with Gasteiger partial charge in [-0.2, -0.15) is 0 Å². The molecule has 0 amide bonds. The van der Waals surface area contributed by atoms with Gasteiger partial charge in [0.05, 0.1) is 4.88 Å². The SMILES string of the molecule is N/C(Cc1ccccc1)=N\OCc1coc(-c2cccs2)n1. The van der Waals surface area contributed by atoms with Crippen molar-refractivity contribution >= 4 is 17.2 Å². The van der Waals surface area contributed by atoms with Gasteiger partial charge in [0, 0.05) is 6.42 Å². The number of oxime groups is 1. The van der Waals surface area contributed by atoms with Crippen LogP contribution < -0.4 is 5.73 Å². The molecule has 0 saturated heterocycles. The van der Waals surface area contributed by atoms with Crippen LogP contribution in [0.4, 0.5) is 0 Å². The van der Waals surface area contributed by atoms with E-state index in [1.54, 1.807) is 17.6 Å². The van der Waals surface area contributed by atoms with Crippen molar-refractivity contribution in [3.63, 3.8) is 0 Å². The molecule has 2 heterocycles. The van der Waals surface area contributed by atoms with E-state index in [4.69, 9.17) is 15.0 Å². The first-order valence-corrected chi connectivity index (χ1v) is 7.66. The van der Waals surface area contributed by atoms with Crippen LogP contribution in [0.3, 0.4) is 0 Å². The number of thiophene rings is 1. The topological polar surface area (TPSA) is 73.6 Å². The Labute approximate surface area is 132 Å². The second-order valence-electron chi connectivity index (χ2n) is 4.64. The standard InChI is InChI=1S/C16H15N3O2S/c17-15(9-12-5-2-1-3-6-12)19-21-11-13-10-20-16(18-13)14-7-4-8-22-14/h1-8,10H,9,11H2,(H2,17,19). The van der Waals surface area contributed by atoms with Crippen LogP contribution in [0, 0.1) is 0 Å². The lowest BCUT2D eigenvalue weighted by molar-refractivity contribution is 0.127. The molecule has 0 unspecified atom stereocenters. The Kier molecular flexibility index (Phi) is 4.50. The van der Waals surface area contributed by atoms with Gasteiger partial charge in [0.25, 0.3) is 0 Å². The number of rotatable bonds is 6. The highest BCUT2D eigenvalue weighted by Gasteiger charge is 2.07. The average molecular weight is 313 g/mol. The Morgan fingerprint density at radius 3 is 2.86 bits per heavy atom. The highest BCUT2D eigenvalue weighted by atomic mass is 32.1. The second-order valence-corrected chi connectivity index (χ2v) is 5.59. The minimum atomic E-state index is 0.227. The number of hydrogen-bond acceptors (Lipinski definition) is 5. The van der Waals surface area contributed by atoms with Crippen LogP contribution >= 0.6 is 11.3 Å². The minimum absolute atomic E-state index is 0.227. The molecule has 2 N–H and O–H groups in total. The van der Waals surface area contributed by atoms with E-state index in [9.17, 15) is 0 Å². The number of oxazole rings is 1. The molecule has 22 heavy (non-hydrogen) atoms. The zero-order valence-electron chi connectivity index (χ0n) is 11.8. The van der Waals surface area contributed by atoms with Gasteiger partial charge in [-0.05, 0) is 17.0 Å². The first-order chi connectivity index (χ1) is 10.8. The van der Waals surface area contributed by atoms with Crippen molar-refractivity contribution in [2.45, 2.75) is 13.0 Å². The third-order valence-corrected chi connectivity index (χ3v) is 3.76.